The lowest BCUT2D eigenvalue weighted by atomic mass is 10.1. The number of hydrogen-bond acceptors (Lipinski definition) is 4. The first-order valence-corrected chi connectivity index (χ1v) is 6.16. The van der Waals surface area contributed by atoms with E-state index in [1.54, 1.807) is 14.2 Å². The zero-order chi connectivity index (χ0) is 15.1. The molecule has 0 aliphatic rings. The maximum absolute atomic E-state index is 12.2. The number of carbonyl (C=O) groups excluding carboxylic acids is 1. The summed E-state index contributed by atoms with van der Waals surface area (Å²) in [4.78, 5) is 24.8. The van der Waals surface area contributed by atoms with Crippen LogP contribution in [0.2, 0.25) is 0 Å². The molecule has 0 unspecified atom stereocenters. The third kappa shape index (κ3) is 4.24. The maximum Gasteiger partial charge on any atom is 0.335 e. The molecule has 1 aromatic carbocycles. The molecule has 0 bridgehead atoms. The molecule has 110 valence electrons. The van der Waals surface area contributed by atoms with Crippen molar-refractivity contribution in [1.82, 2.24) is 4.90 Å². The van der Waals surface area contributed by atoms with Crippen LogP contribution in [0, 0.1) is 0 Å². The van der Waals surface area contributed by atoms with Crippen molar-refractivity contribution >= 4 is 11.9 Å². The molecular formula is C14H19NO5. The van der Waals surface area contributed by atoms with Crippen LogP contribution in [0.25, 0.3) is 0 Å². The number of rotatable bonds is 7. The number of hydrogen-bond donors (Lipinski definition) is 1. The molecule has 1 aromatic rings. The molecule has 1 amide bonds. The summed E-state index contributed by atoms with van der Waals surface area (Å²) in [5, 5.41) is 9.03. The SMILES string of the molecule is COCCCN(C)C(=O)c1cc(OC)cc(C(=O)O)c1. The normalized spacial score (nSPS) is 10.2. The topological polar surface area (TPSA) is 76.1 Å². The van der Waals surface area contributed by atoms with Crippen molar-refractivity contribution in [3.8, 4) is 5.75 Å². The summed E-state index contributed by atoms with van der Waals surface area (Å²) in [6.07, 6.45) is 0.717. The van der Waals surface area contributed by atoms with Crippen LogP contribution in [-0.2, 0) is 4.74 Å². The summed E-state index contributed by atoms with van der Waals surface area (Å²) >= 11 is 0. The Morgan fingerprint density at radius 3 is 2.40 bits per heavy atom. The molecule has 0 saturated carbocycles. The molecule has 0 aliphatic carbocycles. The van der Waals surface area contributed by atoms with Crippen LogP contribution >= 0.6 is 0 Å². The van der Waals surface area contributed by atoms with Crippen LogP contribution in [0.4, 0.5) is 0 Å². The molecule has 0 aliphatic heterocycles. The van der Waals surface area contributed by atoms with Gasteiger partial charge in [-0.3, -0.25) is 4.79 Å². The number of nitrogens with zero attached hydrogens (tertiary/aromatic N) is 1. The van der Waals surface area contributed by atoms with E-state index in [1.165, 1.54) is 30.2 Å². The zero-order valence-electron chi connectivity index (χ0n) is 11.9. The van der Waals surface area contributed by atoms with Gasteiger partial charge in [-0.2, -0.15) is 0 Å². The highest BCUT2D eigenvalue weighted by atomic mass is 16.5. The molecule has 0 fully saturated rings. The predicted molar refractivity (Wildman–Crippen MR) is 73.4 cm³/mol. The maximum atomic E-state index is 12.2. The van der Waals surface area contributed by atoms with Gasteiger partial charge >= 0.3 is 5.97 Å². The van der Waals surface area contributed by atoms with Gasteiger partial charge in [0, 0.05) is 32.9 Å². The summed E-state index contributed by atoms with van der Waals surface area (Å²) in [6, 6.07) is 4.26. The third-order valence-electron chi connectivity index (χ3n) is 2.82. The van der Waals surface area contributed by atoms with Gasteiger partial charge in [0.25, 0.3) is 5.91 Å². The predicted octanol–water partition coefficient (Wildman–Crippen LogP) is 1.50. The highest BCUT2D eigenvalue weighted by Crippen LogP contribution is 2.18. The van der Waals surface area contributed by atoms with E-state index in [4.69, 9.17) is 14.6 Å². The second-order valence-corrected chi connectivity index (χ2v) is 4.33. The lowest BCUT2D eigenvalue weighted by Gasteiger charge is -2.17. The van der Waals surface area contributed by atoms with Crippen molar-refractivity contribution in [2.75, 3.05) is 34.4 Å². The van der Waals surface area contributed by atoms with E-state index in [2.05, 4.69) is 0 Å². The molecule has 0 aromatic heterocycles. The van der Waals surface area contributed by atoms with Crippen molar-refractivity contribution in [3.63, 3.8) is 0 Å². The molecule has 0 spiro atoms. The largest absolute Gasteiger partial charge is 0.497 e. The highest BCUT2D eigenvalue weighted by Gasteiger charge is 2.15. The smallest absolute Gasteiger partial charge is 0.335 e. The molecule has 0 heterocycles. The minimum absolute atomic E-state index is 0.0259. The molecule has 20 heavy (non-hydrogen) atoms. The summed E-state index contributed by atoms with van der Waals surface area (Å²) in [6.45, 7) is 1.10. The van der Waals surface area contributed by atoms with Gasteiger partial charge < -0.3 is 19.5 Å². The fourth-order valence-corrected chi connectivity index (χ4v) is 1.73. The monoisotopic (exact) mass is 281 g/mol. The molecule has 0 saturated heterocycles. The zero-order valence-corrected chi connectivity index (χ0v) is 11.9. The standard InChI is InChI=1S/C14H19NO5/c1-15(5-4-6-19-2)13(16)10-7-11(14(17)18)9-12(8-10)20-3/h7-9H,4-6H2,1-3H3,(H,17,18). The van der Waals surface area contributed by atoms with Crippen molar-refractivity contribution in [3.05, 3.63) is 29.3 Å². The lowest BCUT2D eigenvalue weighted by Crippen LogP contribution is -2.28. The Kier molecular flexibility index (Phi) is 5.99. The number of methoxy groups -OCH3 is 2. The second-order valence-electron chi connectivity index (χ2n) is 4.33. The number of carboxylic acids is 1. The third-order valence-corrected chi connectivity index (χ3v) is 2.82. The van der Waals surface area contributed by atoms with Gasteiger partial charge in [-0.05, 0) is 24.6 Å². The molecule has 6 nitrogen and oxygen atoms in total. The first kappa shape index (κ1) is 16.0. The van der Waals surface area contributed by atoms with Crippen LogP contribution in [-0.4, -0.2) is 56.3 Å². The molecular weight excluding hydrogens is 262 g/mol. The Bertz CT molecular complexity index is 486. The van der Waals surface area contributed by atoms with Gasteiger partial charge in [0.05, 0.1) is 12.7 Å². The van der Waals surface area contributed by atoms with Crippen molar-refractivity contribution in [2.24, 2.45) is 0 Å². The molecule has 6 heteroatoms. The van der Waals surface area contributed by atoms with Crippen LogP contribution < -0.4 is 4.74 Å². The lowest BCUT2D eigenvalue weighted by molar-refractivity contribution is 0.0696. The van der Waals surface area contributed by atoms with Crippen molar-refractivity contribution in [1.29, 1.82) is 0 Å². The number of benzene rings is 1. The first-order chi connectivity index (χ1) is 9.49. The Hall–Kier alpha value is -2.08. The second kappa shape index (κ2) is 7.49. The van der Waals surface area contributed by atoms with Gasteiger partial charge in [-0.1, -0.05) is 0 Å². The van der Waals surface area contributed by atoms with Crippen LogP contribution in [0.5, 0.6) is 5.75 Å². The van der Waals surface area contributed by atoms with Crippen LogP contribution in [0.3, 0.4) is 0 Å². The van der Waals surface area contributed by atoms with Crippen molar-refractivity contribution < 1.29 is 24.2 Å². The average molecular weight is 281 g/mol. The Balaban J connectivity index is 2.91. The average Bonchev–Trinajstić information content (AvgIpc) is 2.45. The summed E-state index contributed by atoms with van der Waals surface area (Å²) < 4.78 is 9.95. The molecule has 1 N–H and O–H groups in total. The summed E-state index contributed by atoms with van der Waals surface area (Å²) in [5.74, 6) is -0.999. The Morgan fingerprint density at radius 1 is 1.20 bits per heavy atom. The highest BCUT2D eigenvalue weighted by molar-refractivity contribution is 5.98. The number of amides is 1. The minimum atomic E-state index is -1.10. The summed E-state index contributed by atoms with van der Waals surface area (Å²) in [5.41, 5.74) is 0.319. The van der Waals surface area contributed by atoms with E-state index in [0.717, 1.165) is 0 Å². The van der Waals surface area contributed by atoms with E-state index in [-0.39, 0.29) is 11.5 Å². The molecule has 0 atom stereocenters. The quantitative estimate of drug-likeness (QED) is 0.766. The number of ether oxygens (including phenoxy) is 2. The fraction of sp³-hybridized carbons (Fsp3) is 0.429. The first-order valence-electron chi connectivity index (χ1n) is 6.16. The van der Waals surface area contributed by atoms with Gasteiger partial charge in [-0.15, -0.1) is 0 Å². The molecule has 1 rings (SSSR count). The van der Waals surface area contributed by atoms with Crippen LogP contribution in [0.1, 0.15) is 27.1 Å². The summed E-state index contributed by atoms with van der Waals surface area (Å²) in [7, 11) is 4.69. The van der Waals surface area contributed by atoms with Gasteiger partial charge in [0.15, 0.2) is 0 Å². The number of aromatic carboxylic acids is 1. The van der Waals surface area contributed by atoms with Gasteiger partial charge in [0.2, 0.25) is 0 Å². The Labute approximate surface area is 117 Å². The number of carboxylic acid groups (broad SMARTS) is 1. The number of carbonyl (C=O) groups is 2. The van der Waals surface area contributed by atoms with Gasteiger partial charge in [-0.25, -0.2) is 4.79 Å². The van der Waals surface area contributed by atoms with E-state index in [9.17, 15) is 9.59 Å². The fourth-order valence-electron chi connectivity index (χ4n) is 1.73. The van der Waals surface area contributed by atoms with Crippen molar-refractivity contribution in [2.45, 2.75) is 6.42 Å². The van der Waals surface area contributed by atoms with E-state index in [1.807, 2.05) is 0 Å². The van der Waals surface area contributed by atoms with E-state index >= 15 is 0 Å². The van der Waals surface area contributed by atoms with Gasteiger partial charge in [0.1, 0.15) is 5.75 Å². The van der Waals surface area contributed by atoms with E-state index in [0.29, 0.717) is 30.9 Å². The van der Waals surface area contributed by atoms with E-state index < -0.39 is 5.97 Å². The Morgan fingerprint density at radius 2 is 1.85 bits per heavy atom. The minimum Gasteiger partial charge on any atom is -0.497 e. The molecule has 0 radical (unpaired) electrons. The van der Waals surface area contributed by atoms with Crippen LogP contribution in [0.15, 0.2) is 18.2 Å².